The zero-order valence-corrected chi connectivity index (χ0v) is 17.2. The molecule has 168 valence electrons. The quantitative estimate of drug-likeness (QED) is 0.715. The van der Waals surface area contributed by atoms with Gasteiger partial charge in [-0.2, -0.15) is 13.2 Å². The van der Waals surface area contributed by atoms with Crippen molar-refractivity contribution >= 4 is 5.91 Å². The summed E-state index contributed by atoms with van der Waals surface area (Å²) in [5.41, 5.74) is -0.0768. The summed E-state index contributed by atoms with van der Waals surface area (Å²) in [4.78, 5) is 18.0. The minimum atomic E-state index is -4.55. The Morgan fingerprint density at radius 1 is 1.16 bits per heavy atom. The van der Waals surface area contributed by atoms with E-state index in [1.807, 2.05) is 12.1 Å². The topological polar surface area (TPSA) is 72.9 Å². The van der Waals surface area contributed by atoms with E-state index in [1.165, 1.54) is 0 Å². The zero-order valence-electron chi connectivity index (χ0n) is 17.2. The monoisotopic (exact) mass is 439 g/mol. The summed E-state index contributed by atoms with van der Waals surface area (Å²) in [7, 11) is 3.10. The number of hydrogen-bond donors (Lipinski definition) is 1. The van der Waals surface area contributed by atoms with Crippen molar-refractivity contribution in [3.05, 3.63) is 53.3 Å². The number of pyridine rings is 1. The lowest BCUT2D eigenvalue weighted by Crippen LogP contribution is -2.43. The number of nitrogens with zero attached hydrogens (tertiary/aromatic N) is 2. The van der Waals surface area contributed by atoms with Gasteiger partial charge < -0.3 is 19.5 Å². The highest BCUT2D eigenvalue weighted by Gasteiger charge is 2.32. The van der Waals surface area contributed by atoms with Crippen molar-refractivity contribution in [3.63, 3.8) is 0 Å². The predicted molar refractivity (Wildman–Crippen MR) is 106 cm³/mol. The van der Waals surface area contributed by atoms with Crippen molar-refractivity contribution in [2.75, 3.05) is 47.1 Å². The second-order valence-electron chi connectivity index (χ2n) is 6.92. The SMILES string of the molecule is COc1ccc(C(CNC(=O)c2ccc(C(F)(F)F)nc2)N2CCOCC2)cc1OC. The molecule has 1 aliphatic rings. The van der Waals surface area contributed by atoms with Crippen LogP contribution in [0, 0.1) is 0 Å². The van der Waals surface area contributed by atoms with Crippen LogP contribution in [0.4, 0.5) is 13.2 Å². The summed E-state index contributed by atoms with van der Waals surface area (Å²) in [5, 5.41) is 2.80. The third-order valence-electron chi connectivity index (χ3n) is 5.05. The van der Waals surface area contributed by atoms with Gasteiger partial charge >= 0.3 is 6.18 Å². The molecule has 31 heavy (non-hydrogen) atoms. The van der Waals surface area contributed by atoms with Crippen molar-refractivity contribution in [2.45, 2.75) is 12.2 Å². The number of benzene rings is 1. The molecule has 1 aromatic carbocycles. The zero-order chi connectivity index (χ0) is 22.4. The molecule has 2 aromatic rings. The third-order valence-corrected chi connectivity index (χ3v) is 5.05. The molecule has 3 rings (SSSR count). The molecule has 0 spiro atoms. The third kappa shape index (κ3) is 5.65. The molecule has 1 atom stereocenters. The molecule has 10 heteroatoms. The average molecular weight is 439 g/mol. The van der Waals surface area contributed by atoms with Crippen LogP contribution in [0.15, 0.2) is 36.5 Å². The van der Waals surface area contributed by atoms with Crippen LogP contribution >= 0.6 is 0 Å². The van der Waals surface area contributed by atoms with E-state index in [0.29, 0.717) is 37.8 Å². The first kappa shape index (κ1) is 22.8. The van der Waals surface area contributed by atoms with E-state index in [4.69, 9.17) is 14.2 Å². The summed E-state index contributed by atoms with van der Waals surface area (Å²) in [6, 6.07) is 7.27. The van der Waals surface area contributed by atoms with Gasteiger partial charge in [-0.1, -0.05) is 6.07 Å². The summed E-state index contributed by atoms with van der Waals surface area (Å²) in [6.07, 6.45) is -3.62. The van der Waals surface area contributed by atoms with E-state index in [0.717, 1.165) is 23.9 Å². The summed E-state index contributed by atoms with van der Waals surface area (Å²) >= 11 is 0. The number of nitrogens with one attached hydrogen (secondary N) is 1. The molecule has 2 heterocycles. The highest BCUT2D eigenvalue weighted by Crippen LogP contribution is 2.32. The van der Waals surface area contributed by atoms with Gasteiger partial charge in [0.1, 0.15) is 5.69 Å². The Hall–Kier alpha value is -2.85. The molecule has 1 amide bonds. The van der Waals surface area contributed by atoms with Gasteiger partial charge in [0.25, 0.3) is 5.91 Å². The fourth-order valence-corrected chi connectivity index (χ4v) is 3.39. The maximum Gasteiger partial charge on any atom is 0.433 e. The Balaban J connectivity index is 1.77. The second-order valence-corrected chi connectivity index (χ2v) is 6.92. The van der Waals surface area contributed by atoms with Crippen molar-refractivity contribution in [3.8, 4) is 11.5 Å². The maximum atomic E-state index is 12.7. The first-order chi connectivity index (χ1) is 14.8. The smallest absolute Gasteiger partial charge is 0.433 e. The van der Waals surface area contributed by atoms with E-state index in [9.17, 15) is 18.0 Å². The summed E-state index contributed by atoms with van der Waals surface area (Å²) in [5.74, 6) is 0.656. The number of hydrogen-bond acceptors (Lipinski definition) is 6. The predicted octanol–water partition coefficient (Wildman–Crippen LogP) is 2.92. The fraction of sp³-hybridized carbons (Fsp3) is 0.429. The molecular formula is C21H24F3N3O4. The van der Waals surface area contributed by atoms with E-state index < -0.39 is 17.8 Å². The number of carbonyl (C=O) groups is 1. The number of rotatable bonds is 7. The van der Waals surface area contributed by atoms with Crippen LogP contribution in [0.25, 0.3) is 0 Å². The minimum Gasteiger partial charge on any atom is -0.493 e. The highest BCUT2D eigenvalue weighted by molar-refractivity contribution is 5.93. The van der Waals surface area contributed by atoms with Gasteiger partial charge in [-0.3, -0.25) is 14.7 Å². The number of alkyl halides is 3. The van der Waals surface area contributed by atoms with Crippen LogP contribution in [-0.2, 0) is 10.9 Å². The molecule has 0 saturated carbocycles. The average Bonchev–Trinajstić information content (AvgIpc) is 2.79. The molecule has 1 aliphatic heterocycles. The molecule has 1 unspecified atom stereocenters. The number of halogens is 3. The van der Waals surface area contributed by atoms with Crippen molar-refractivity contribution < 1.29 is 32.2 Å². The molecule has 0 aliphatic carbocycles. The molecule has 1 fully saturated rings. The number of carbonyl (C=O) groups excluding carboxylic acids is 1. The number of aromatic nitrogens is 1. The molecular weight excluding hydrogens is 415 g/mol. The van der Waals surface area contributed by atoms with E-state index in [-0.39, 0.29) is 18.2 Å². The molecule has 0 radical (unpaired) electrons. The van der Waals surface area contributed by atoms with Gasteiger partial charge in [0.15, 0.2) is 11.5 Å². The second kappa shape index (κ2) is 9.97. The Labute approximate surface area is 178 Å². The first-order valence-corrected chi connectivity index (χ1v) is 9.68. The number of ether oxygens (including phenoxy) is 3. The van der Waals surface area contributed by atoms with Crippen LogP contribution in [0.1, 0.15) is 27.7 Å². The Kier molecular flexibility index (Phi) is 7.34. The first-order valence-electron chi connectivity index (χ1n) is 9.68. The van der Waals surface area contributed by atoms with Gasteiger partial charge in [-0.05, 0) is 29.8 Å². The van der Waals surface area contributed by atoms with Crippen LogP contribution in [0.3, 0.4) is 0 Å². The minimum absolute atomic E-state index is 0.0565. The van der Waals surface area contributed by atoms with E-state index in [2.05, 4.69) is 15.2 Å². The number of morpholine rings is 1. The highest BCUT2D eigenvalue weighted by atomic mass is 19.4. The lowest BCUT2D eigenvalue weighted by molar-refractivity contribution is -0.141. The van der Waals surface area contributed by atoms with Gasteiger partial charge in [0, 0.05) is 25.8 Å². The Bertz CT molecular complexity index is 884. The lowest BCUT2D eigenvalue weighted by Gasteiger charge is -2.35. The lowest BCUT2D eigenvalue weighted by atomic mass is 10.0. The van der Waals surface area contributed by atoms with E-state index in [1.54, 1.807) is 20.3 Å². The van der Waals surface area contributed by atoms with Crippen LogP contribution < -0.4 is 14.8 Å². The standard InChI is InChI=1S/C21H24F3N3O4/c1-29-17-5-3-14(11-18(17)30-2)16(27-7-9-31-10-8-27)13-26-20(28)15-4-6-19(25-12-15)21(22,23)24/h3-6,11-12,16H,7-10,13H2,1-2H3,(H,26,28). The molecule has 1 N–H and O–H groups in total. The Morgan fingerprint density at radius 3 is 2.45 bits per heavy atom. The van der Waals surface area contributed by atoms with Crippen molar-refractivity contribution in [1.29, 1.82) is 0 Å². The normalized spacial score (nSPS) is 15.9. The molecule has 0 bridgehead atoms. The number of amides is 1. The summed E-state index contributed by atoms with van der Waals surface area (Å²) < 4.78 is 54.2. The molecule has 1 saturated heterocycles. The van der Waals surface area contributed by atoms with Gasteiger partial charge in [0.2, 0.25) is 0 Å². The maximum absolute atomic E-state index is 12.7. The summed E-state index contributed by atoms with van der Waals surface area (Å²) in [6.45, 7) is 2.74. The number of methoxy groups -OCH3 is 2. The van der Waals surface area contributed by atoms with Crippen LogP contribution in [0.2, 0.25) is 0 Å². The van der Waals surface area contributed by atoms with Crippen LogP contribution in [0.5, 0.6) is 11.5 Å². The van der Waals surface area contributed by atoms with E-state index >= 15 is 0 Å². The van der Waals surface area contributed by atoms with Crippen molar-refractivity contribution in [1.82, 2.24) is 15.2 Å². The van der Waals surface area contributed by atoms with Crippen LogP contribution in [-0.4, -0.2) is 62.9 Å². The van der Waals surface area contributed by atoms with Crippen molar-refractivity contribution in [2.24, 2.45) is 0 Å². The Morgan fingerprint density at radius 2 is 1.87 bits per heavy atom. The fourth-order valence-electron chi connectivity index (χ4n) is 3.39. The van der Waals surface area contributed by atoms with Gasteiger partial charge in [0.05, 0.1) is 39.0 Å². The van der Waals surface area contributed by atoms with Gasteiger partial charge in [-0.25, -0.2) is 0 Å². The largest absolute Gasteiger partial charge is 0.493 e. The molecule has 1 aromatic heterocycles. The van der Waals surface area contributed by atoms with Gasteiger partial charge in [-0.15, -0.1) is 0 Å². The molecule has 7 nitrogen and oxygen atoms in total.